The molecule has 0 saturated carbocycles. The van der Waals surface area contributed by atoms with Gasteiger partial charge in [0.25, 0.3) is 0 Å². The summed E-state index contributed by atoms with van der Waals surface area (Å²) in [7, 11) is 0. The van der Waals surface area contributed by atoms with Crippen molar-refractivity contribution in [1.29, 1.82) is 0 Å². The summed E-state index contributed by atoms with van der Waals surface area (Å²) in [6.07, 6.45) is 0.389. The summed E-state index contributed by atoms with van der Waals surface area (Å²) < 4.78 is 23.9. The molecule has 3 N–H and O–H groups in total. The Morgan fingerprint density at radius 1 is 1.40 bits per heavy atom. The Morgan fingerprint density at radius 2 is 2.27 bits per heavy atom. The summed E-state index contributed by atoms with van der Waals surface area (Å²) in [4.78, 5) is 23.4. The zero-order chi connectivity index (χ0) is 20.9. The van der Waals surface area contributed by atoms with Gasteiger partial charge in [0.2, 0.25) is 0 Å². The van der Waals surface area contributed by atoms with E-state index in [0.717, 1.165) is 6.42 Å². The number of anilines is 1. The Hall–Kier alpha value is -1.92. The second-order valence-corrected chi connectivity index (χ2v) is 9.78. The quantitative estimate of drug-likeness (QED) is 0.488. The molecule has 0 bridgehead atoms. The minimum absolute atomic E-state index is 0.0208. The fourth-order valence-electron chi connectivity index (χ4n) is 3.65. The molecule has 2 fully saturated rings. The molecule has 0 spiro atoms. The average molecular weight is 453 g/mol. The Balaban J connectivity index is 1.63. The van der Waals surface area contributed by atoms with Gasteiger partial charge in [-0.3, -0.25) is 9.09 Å². The van der Waals surface area contributed by atoms with Crippen molar-refractivity contribution in [1.82, 2.24) is 19.5 Å². The van der Waals surface area contributed by atoms with Crippen LogP contribution in [0.4, 0.5) is 5.82 Å². The molecule has 30 heavy (non-hydrogen) atoms. The van der Waals surface area contributed by atoms with E-state index >= 15 is 0 Å². The highest BCUT2D eigenvalue weighted by atomic mass is 32.5. The van der Waals surface area contributed by atoms with Crippen molar-refractivity contribution in [2.75, 3.05) is 18.5 Å². The van der Waals surface area contributed by atoms with E-state index in [1.54, 1.807) is 16.7 Å². The van der Waals surface area contributed by atoms with Gasteiger partial charge in [0.1, 0.15) is 24.6 Å². The lowest BCUT2D eigenvalue weighted by atomic mass is 10.1. The van der Waals surface area contributed by atoms with Crippen LogP contribution in [0.3, 0.4) is 0 Å². The van der Waals surface area contributed by atoms with E-state index in [4.69, 9.17) is 30.0 Å². The van der Waals surface area contributed by atoms with Gasteiger partial charge in [0.05, 0.1) is 12.9 Å². The van der Waals surface area contributed by atoms with Crippen LogP contribution < -0.4 is 5.32 Å². The Kier molecular flexibility index (Phi) is 5.10. The maximum Gasteiger partial charge on any atom is 0.325 e. The van der Waals surface area contributed by atoms with Crippen molar-refractivity contribution in [3.05, 3.63) is 24.7 Å². The normalized spacial score (nSPS) is 31.2. The number of aliphatic hydroxyl groups is 1. The smallest absolute Gasteiger partial charge is 0.325 e. The first kappa shape index (κ1) is 20.0. The molecule has 5 atom stereocenters. The topological polar surface area (TPSA) is 137 Å². The van der Waals surface area contributed by atoms with E-state index in [9.17, 15) is 10.00 Å². The first-order valence-electron chi connectivity index (χ1n) is 9.48. The molecule has 11 nitrogen and oxygen atoms in total. The SMILES string of the molecule is CCCNc1ncnc2c1nc(-c1ccco1)n2[C@@H]1O[C@@H]2COP(O)(=S)O[C@H]2[C@H]1O. The zero-order valence-corrected chi connectivity index (χ0v) is 17.6. The highest BCUT2D eigenvalue weighted by Crippen LogP contribution is 2.53. The van der Waals surface area contributed by atoms with E-state index in [-0.39, 0.29) is 6.61 Å². The highest BCUT2D eigenvalue weighted by Gasteiger charge is 2.52. The maximum atomic E-state index is 11.0. The lowest BCUT2D eigenvalue weighted by Crippen LogP contribution is -2.39. The van der Waals surface area contributed by atoms with Crippen LogP contribution in [0, 0.1) is 0 Å². The second-order valence-electron chi connectivity index (χ2n) is 6.99. The molecular formula is C17H20N5O6PS. The molecular weight excluding hydrogens is 433 g/mol. The predicted octanol–water partition coefficient (Wildman–Crippen LogP) is 1.80. The molecule has 2 aliphatic rings. The number of imidazole rings is 1. The molecule has 0 aliphatic carbocycles. The van der Waals surface area contributed by atoms with Gasteiger partial charge in [-0.15, -0.1) is 0 Å². The third-order valence-corrected chi connectivity index (χ3v) is 6.54. The van der Waals surface area contributed by atoms with Crippen LogP contribution in [0.25, 0.3) is 22.7 Å². The largest absolute Gasteiger partial charge is 0.461 e. The van der Waals surface area contributed by atoms with Gasteiger partial charge in [-0.05, 0) is 30.4 Å². The van der Waals surface area contributed by atoms with Crippen LogP contribution in [0.2, 0.25) is 0 Å². The summed E-state index contributed by atoms with van der Waals surface area (Å²) >= 11 is 4.93. The fraction of sp³-hybridized carbons (Fsp3) is 0.471. The molecule has 160 valence electrons. The first-order valence-corrected chi connectivity index (χ1v) is 12.1. The Labute approximate surface area is 176 Å². The number of aliphatic hydroxyl groups excluding tert-OH is 1. The number of aromatic nitrogens is 4. The summed E-state index contributed by atoms with van der Waals surface area (Å²) in [5, 5.41) is 14.2. The van der Waals surface area contributed by atoms with Crippen LogP contribution in [-0.4, -0.2) is 61.0 Å². The van der Waals surface area contributed by atoms with E-state index < -0.39 is 31.3 Å². The minimum Gasteiger partial charge on any atom is -0.461 e. The number of rotatable bonds is 5. The van der Waals surface area contributed by atoms with Crippen LogP contribution in [0.1, 0.15) is 19.6 Å². The molecule has 2 saturated heterocycles. The monoisotopic (exact) mass is 453 g/mol. The first-order chi connectivity index (χ1) is 14.5. The van der Waals surface area contributed by atoms with Gasteiger partial charge in [-0.1, -0.05) is 6.92 Å². The number of hydrogen-bond donors (Lipinski definition) is 3. The highest BCUT2D eigenvalue weighted by molar-refractivity contribution is 8.07. The number of nitrogens with one attached hydrogen (secondary N) is 1. The molecule has 1 unspecified atom stereocenters. The standard InChI is InChI=1S/C17H20N5O6PS/c1-2-5-18-14-11-16(20-8-19-14)22(15(21-11)9-4-3-6-25-9)17-12(23)13-10(27-17)7-26-29(24,30)28-13/h3-4,6,8,10,12-13,17,23H,2,5,7H2,1H3,(H,24,30)(H,18,19,20)/t10-,12-,13-,17-,29?/m1/s1. The van der Waals surface area contributed by atoms with Crippen molar-refractivity contribution in [3.63, 3.8) is 0 Å². The maximum absolute atomic E-state index is 11.0. The molecule has 0 amide bonds. The number of hydrogen-bond acceptors (Lipinski definition) is 10. The molecule has 5 heterocycles. The second kappa shape index (κ2) is 7.65. The number of fused-ring (bicyclic) bond motifs is 2. The summed E-state index contributed by atoms with van der Waals surface area (Å²) in [5.74, 6) is 1.47. The van der Waals surface area contributed by atoms with Gasteiger partial charge in [-0.25, -0.2) is 15.0 Å². The molecule has 2 aliphatic heterocycles. The molecule has 5 rings (SSSR count). The third-order valence-electron chi connectivity index (χ3n) is 4.98. The van der Waals surface area contributed by atoms with Crippen LogP contribution >= 0.6 is 6.72 Å². The Bertz CT molecular complexity index is 1110. The third kappa shape index (κ3) is 3.34. The van der Waals surface area contributed by atoms with Gasteiger partial charge in [-0.2, -0.15) is 0 Å². The van der Waals surface area contributed by atoms with Gasteiger partial charge in [0, 0.05) is 6.54 Å². The van der Waals surface area contributed by atoms with E-state index in [2.05, 4.69) is 20.3 Å². The van der Waals surface area contributed by atoms with E-state index in [1.807, 2.05) is 6.92 Å². The van der Waals surface area contributed by atoms with E-state index in [0.29, 0.717) is 35.1 Å². The van der Waals surface area contributed by atoms with Crippen molar-refractivity contribution in [3.8, 4) is 11.6 Å². The van der Waals surface area contributed by atoms with Crippen LogP contribution in [-0.2, 0) is 25.6 Å². The molecule has 3 aromatic rings. The summed E-state index contributed by atoms with van der Waals surface area (Å²) in [5.41, 5.74) is 0.981. The number of furan rings is 1. The summed E-state index contributed by atoms with van der Waals surface area (Å²) in [6, 6.07) is 3.50. The number of nitrogens with zero attached hydrogens (tertiary/aromatic N) is 4. The molecule has 0 aromatic carbocycles. The van der Waals surface area contributed by atoms with Crippen molar-refractivity contribution >= 4 is 35.5 Å². The lowest BCUT2D eigenvalue weighted by molar-refractivity contribution is -0.0588. The minimum atomic E-state index is -3.41. The van der Waals surface area contributed by atoms with Crippen molar-refractivity contribution < 1.29 is 28.2 Å². The van der Waals surface area contributed by atoms with Crippen molar-refractivity contribution in [2.45, 2.75) is 37.9 Å². The fourth-order valence-corrected chi connectivity index (χ4v) is 5.10. The molecule has 0 radical (unpaired) electrons. The predicted molar refractivity (Wildman–Crippen MR) is 109 cm³/mol. The van der Waals surface area contributed by atoms with Crippen molar-refractivity contribution in [2.24, 2.45) is 0 Å². The van der Waals surface area contributed by atoms with Gasteiger partial charge < -0.3 is 29.0 Å². The molecule has 3 aromatic heterocycles. The lowest BCUT2D eigenvalue weighted by Gasteiger charge is -2.30. The number of ether oxygens (including phenoxy) is 1. The zero-order valence-electron chi connectivity index (χ0n) is 15.9. The molecule has 13 heteroatoms. The average Bonchev–Trinajstić information content (AvgIpc) is 3.44. The van der Waals surface area contributed by atoms with Gasteiger partial charge >= 0.3 is 6.72 Å². The summed E-state index contributed by atoms with van der Waals surface area (Å²) in [6.45, 7) is -0.625. The van der Waals surface area contributed by atoms with E-state index in [1.165, 1.54) is 12.6 Å². The van der Waals surface area contributed by atoms with Gasteiger partial charge in [0.15, 0.2) is 34.8 Å². The van der Waals surface area contributed by atoms with Crippen LogP contribution in [0.15, 0.2) is 29.1 Å². The Morgan fingerprint density at radius 3 is 3.03 bits per heavy atom. The van der Waals surface area contributed by atoms with Crippen LogP contribution in [0.5, 0.6) is 0 Å².